The molecular weight excluding hydrogens is 501 g/mol. The van der Waals surface area contributed by atoms with Gasteiger partial charge in [-0.05, 0) is 34.9 Å². The fourth-order valence-corrected chi connectivity index (χ4v) is 5.00. The normalized spacial score (nSPS) is 17.2. The van der Waals surface area contributed by atoms with E-state index in [1.165, 1.54) is 0 Å². The standard InChI is InChI=1S/C27H25Cl2N3O4/c28-21-10-11-23(29)24(16-21)30-25(33)36-32-14-12-27(13-15-32)18-31(26(34)35-27)17-20-8-4-5-9-22(20)19-6-2-1-3-7-19/h1-11,16H,12-15,17-18H2,(H,30,33). The summed E-state index contributed by atoms with van der Waals surface area (Å²) in [6.45, 7) is 1.85. The average molecular weight is 526 g/mol. The Hall–Kier alpha value is -3.26. The molecular formula is C27H25Cl2N3O4. The summed E-state index contributed by atoms with van der Waals surface area (Å²) in [5.41, 5.74) is 3.05. The van der Waals surface area contributed by atoms with Crippen LogP contribution in [0.1, 0.15) is 18.4 Å². The molecule has 0 saturated carbocycles. The minimum absolute atomic E-state index is 0.319. The molecule has 2 saturated heterocycles. The van der Waals surface area contributed by atoms with Gasteiger partial charge in [0.2, 0.25) is 0 Å². The molecule has 1 spiro atoms. The molecule has 2 aliphatic heterocycles. The molecule has 0 unspecified atom stereocenters. The van der Waals surface area contributed by atoms with E-state index in [1.807, 2.05) is 36.4 Å². The van der Waals surface area contributed by atoms with Crippen molar-refractivity contribution in [1.82, 2.24) is 9.96 Å². The summed E-state index contributed by atoms with van der Waals surface area (Å²) >= 11 is 12.1. The first-order valence-corrected chi connectivity index (χ1v) is 12.5. The van der Waals surface area contributed by atoms with Crippen LogP contribution in [0.4, 0.5) is 15.3 Å². The summed E-state index contributed by atoms with van der Waals surface area (Å²) < 4.78 is 5.87. The highest BCUT2D eigenvalue weighted by molar-refractivity contribution is 6.35. The van der Waals surface area contributed by atoms with E-state index in [9.17, 15) is 9.59 Å². The second-order valence-corrected chi connectivity index (χ2v) is 9.83. The molecule has 9 heteroatoms. The van der Waals surface area contributed by atoms with Gasteiger partial charge in [0.05, 0.1) is 17.3 Å². The minimum atomic E-state index is -0.655. The summed E-state index contributed by atoms with van der Waals surface area (Å²) in [6, 6.07) is 23.0. The van der Waals surface area contributed by atoms with Gasteiger partial charge in [-0.3, -0.25) is 10.2 Å². The summed E-state index contributed by atoms with van der Waals surface area (Å²) in [6.07, 6.45) is 0.139. The van der Waals surface area contributed by atoms with Gasteiger partial charge >= 0.3 is 12.2 Å². The molecule has 0 radical (unpaired) electrons. The highest BCUT2D eigenvalue weighted by Crippen LogP contribution is 2.35. The number of amides is 2. The van der Waals surface area contributed by atoms with Crippen molar-refractivity contribution < 1.29 is 19.2 Å². The van der Waals surface area contributed by atoms with Crippen LogP contribution in [-0.4, -0.2) is 47.4 Å². The minimum Gasteiger partial charge on any atom is -0.441 e. The quantitative estimate of drug-likeness (QED) is 0.405. The largest absolute Gasteiger partial charge is 0.441 e. The molecule has 3 aromatic carbocycles. The lowest BCUT2D eigenvalue weighted by molar-refractivity contribution is -0.138. The molecule has 2 amide bonds. The number of nitrogens with zero attached hydrogens (tertiary/aromatic N) is 2. The Morgan fingerprint density at radius 3 is 2.50 bits per heavy atom. The van der Waals surface area contributed by atoms with Crippen LogP contribution in [0.5, 0.6) is 0 Å². The van der Waals surface area contributed by atoms with Crippen molar-refractivity contribution in [3.8, 4) is 11.1 Å². The maximum Gasteiger partial charge on any atom is 0.430 e. The lowest BCUT2D eigenvalue weighted by atomic mass is 9.92. The topological polar surface area (TPSA) is 71.1 Å². The molecule has 5 rings (SSSR count). The number of carbonyl (C=O) groups is 2. The van der Waals surface area contributed by atoms with Gasteiger partial charge in [-0.1, -0.05) is 77.8 Å². The predicted octanol–water partition coefficient (Wildman–Crippen LogP) is 6.61. The van der Waals surface area contributed by atoms with Gasteiger partial charge in [0, 0.05) is 37.5 Å². The molecule has 36 heavy (non-hydrogen) atoms. The second-order valence-electron chi connectivity index (χ2n) is 8.99. The third kappa shape index (κ3) is 5.43. The zero-order chi connectivity index (χ0) is 25.1. The Kier molecular flexibility index (Phi) is 7.05. The number of anilines is 1. The van der Waals surface area contributed by atoms with Gasteiger partial charge in [-0.15, -0.1) is 5.06 Å². The van der Waals surface area contributed by atoms with Crippen LogP contribution in [0.15, 0.2) is 72.8 Å². The van der Waals surface area contributed by atoms with Crippen LogP contribution in [0.3, 0.4) is 0 Å². The molecule has 7 nitrogen and oxygen atoms in total. The average Bonchev–Trinajstić information content (AvgIpc) is 3.18. The first-order chi connectivity index (χ1) is 17.4. The number of hydrogen-bond donors (Lipinski definition) is 1. The van der Waals surface area contributed by atoms with Gasteiger partial charge in [0.15, 0.2) is 0 Å². The summed E-state index contributed by atoms with van der Waals surface area (Å²) in [4.78, 5) is 32.3. The van der Waals surface area contributed by atoms with E-state index in [4.69, 9.17) is 32.8 Å². The Labute approximate surface area is 219 Å². The van der Waals surface area contributed by atoms with Crippen LogP contribution in [0.25, 0.3) is 11.1 Å². The van der Waals surface area contributed by atoms with Crippen molar-refractivity contribution in [2.24, 2.45) is 0 Å². The number of halogens is 2. The number of benzene rings is 3. The van der Waals surface area contributed by atoms with Gasteiger partial charge in [0.1, 0.15) is 5.60 Å². The molecule has 2 aliphatic rings. The number of rotatable bonds is 5. The SMILES string of the molecule is O=C(Nc1cc(Cl)ccc1Cl)ON1CCC2(CC1)CN(Cc1ccccc1-c1ccccc1)C(=O)O2. The van der Waals surface area contributed by atoms with E-state index in [0.29, 0.717) is 54.8 Å². The van der Waals surface area contributed by atoms with Crippen LogP contribution in [0.2, 0.25) is 10.0 Å². The van der Waals surface area contributed by atoms with Gasteiger partial charge in [-0.2, -0.15) is 0 Å². The van der Waals surface area contributed by atoms with Gasteiger partial charge in [-0.25, -0.2) is 9.59 Å². The second kappa shape index (κ2) is 10.4. The Bertz CT molecular complexity index is 1260. The van der Waals surface area contributed by atoms with Crippen LogP contribution in [-0.2, 0) is 16.1 Å². The monoisotopic (exact) mass is 525 g/mol. The van der Waals surface area contributed by atoms with E-state index in [0.717, 1.165) is 16.7 Å². The molecule has 0 atom stereocenters. The summed E-state index contributed by atoms with van der Waals surface area (Å²) in [5.74, 6) is 0. The number of hydroxylamine groups is 2. The number of carbonyl (C=O) groups excluding carboxylic acids is 2. The van der Waals surface area contributed by atoms with Crippen LogP contribution < -0.4 is 5.32 Å². The molecule has 0 aromatic heterocycles. The zero-order valence-electron chi connectivity index (χ0n) is 19.5. The molecule has 0 aliphatic carbocycles. The number of nitrogens with one attached hydrogen (secondary N) is 1. The Morgan fingerprint density at radius 2 is 1.72 bits per heavy atom. The van der Waals surface area contributed by atoms with Crippen molar-refractivity contribution in [1.29, 1.82) is 0 Å². The maximum atomic E-state index is 12.8. The smallest absolute Gasteiger partial charge is 0.430 e. The van der Waals surface area contributed by atoms with Crippen molar-refractivity contribution in [2.45, 2.75) is 25.0 Å². The molecule has 1 N–H and O–H groups in total. The van der Waals surface area contributed by atoms with E-state index in [1.54, 1.807) is 28.2 Å². The lowest BCUT2D eigenvalue weighted by Gasteiger charge is -2.36. The van der Waals surface area contributed by atoms with Gasteiger partial charge in [0.25, 0.3) is 0 Å². The third-order valence-electron chi connectivity index (χ3n) is 6.52. The first-order valence-electron chi connectivity index (χ1n) is 11.7. The zero-order valence-corrected chi connectivity index (χ0v) is 21.0. The molecule has 2 heterocycles. The van der Waals surface area contributed by atoms with Crippen LogP contribution in [0, 0.1) is 0 Å². The molecule has 3 aromatic rings. The lowest BCUT2D eigenvalue weighted by Crippen LogP contribution is -2.47. The van der Waals surface area contributed by atoms with E-state index >= 15 is 0 Å². The Morgan fingerprint density at radius 1 is 1.00 bits per heavy atom. The first kappa shape index (κ1) is 24.4. The highest BCUT2D eigenvalue weighted by Gasteiger charge is 2.47. The van der Waals surface area contributed by atoms with E-state index in [2.05, 4.69) is 23.5 Å². The number of hydrogen-bond acceptors (Lipinski definition) is 5. The fraction of sp³-hybridized carbons (Fsp3) is 0.259. The number of piperidine rings is 1. The summed E-state index contributed by atoms with van der Waals surface area (Å²) in [7, 11) is 0. The fourth-order valence-electron chi connectivity index (χ4n) is 4.67. The van der Waals surface area contributed by atoms with Crippen molar-refractivity contribution in [3.63, 3.8) is 0 Å². The van der Waals surface area contributed by atoms with Crippen molar-refractivity contribution in [2.75, 3.05) is 25.0 Å². The molecule has 2 fully saturated rings. The van der Waals surface area contributed by atoms with Crippen molar-refractivity contribution >= 4 is 41.1 Å². The van der Waals surface area contributed by atoms with E-state index in [-0.39, 0.29) is 6.09 Å². The van der Waals surface area contributed by atoms with E-state index < -0.39 is 11.7 Å². The predicted molar refractivity (Wildman–Crippen MR) is 139 cm³/mol. The maximum absolute atomic E-state index is 12.8. The molecule has 186 valence electrons. The Balaban J connectivity index is 1.18. The van der Waals surface area contributed by atoms with Crippen molar-refractivity contribution in [3.05, 3.63) is 88.4 Å². The molecule has 0 bridgehead atoms. The number of ether oxygens (including phenoxy) is 1. The highest BCUT2D eigenvalue weighted by atomic mass is 35.5. The summed E-state index contributed by atoms with van der Waals surface area (Å²) in [5, 5.41) is 4.99. The third-order valence-corrected chi connectivity index (χ3v) is 7.08. The van der Waals surface area contributed by atoms with Gasteiger partial charge < -0.3 is 9.57 Å². The van der Waals surface area contributed by atoms with Crippen LogP contribution >= 0.6 is 23.2 Å².